The molecular weight excluding hydrogens is 463 g/mol. The summed E-state index contributed by atoms with van der Waals surface area (Å²) in [6, 6.07) is 5.25. The molecule has 0 aromatic heterocycles. The molecule has 1 aromatic carbocycles. The van der Waals surface area contributed by atoms with Gasteiger partial charge in [0.05, 0.1) is 28.7 Å². The van der Waals surface area contributed by atoms with Crippen LogP contribution in [-0.4, -0.2) is 42.7 Å². The topological polar surface area (TPSA) is 85.3 Å². The van der Waals surface area contributed by atoms with Crippen molar-refractivity contribution in [3.8, 4) is 5.75 Å². The minimum absolute atomic E-state index is 0.170. The SMILES string of the molecule is COC(=O)COc1ccc(C=NN2C(=O)[C@@H]3[C@H](C2=O)[C@H]2C=C[C@H]3C2)cc1I. The summed E-state index contributed by atoms with van der Waals surface area (Å²) >= 11 is 2.08. The maximum absolute atomic E-state index is 12.6. The zero-order valence-corrected chi connectivity index (χ0v) is 16.7. The van der Waals surface area contributed by atoms with Crippen molar-refractivity contribution in [2.75, 3.05) is 13.7 Å². The number of carbonyl (C=O) groups is 3. The maximum atomic E-state index is 12.6. The molecule has 0 N–H and O–H groups in total. The molecule has 8 heteroatoms. The molecule has 1 aromatic rings. The van der Waals surface area contributed by atoms with E-state index in [9.17, 15) is 14.4 Å². The van der Waals surface area contributed by atoms with Crippen LogP contribution in [0.2, 0.25) is 0 Å². The summed E-state index contributed by atoms with van der Waals surface area (Å²) in [6.07, 6.45) is 6.51. The first-order valence-corrected chi connectivity index (χ1v) is 9.66. The molecule has 1 heterocycles. The first kappa shape index (κ1) is 18.1. The van der Waals surface area contributed by atoms with Crippen molar-refractivity contribution in [1.29, 1.82) is 0 Å². The fourth-order valence-electron chi connectivity index (χ4n) is 4.03. The van der Waals surface area contributed by atoms with Gasteiger partial charge in [0, 0.05) is 0 Å². The molecular formula is C19H17IN2O5. The summed E-state index contributed by atoms with van der Waals surface area (Å²) in [5, 5.41) is 5.18. The van der Waals surface area contributed by atoms with E-state index in [1.165, 1.54) is 13.3 Å². The summed E-state index contributed by atoms with van der Waals surface area (Å²) < 4.78 is 10.7. The summed E-state index contributed by atoms with van der Waals surface area (Å²) in [5.41, 5.74) is 0.726. The summed E-state index contributed by atoms with van der Waals surface area (Å²) in [6.45, 7) is -0.171. The number of allylic oxidation sites excluding steroid dienone is 2. The van der Waals surface area contributed by atoms with E-state index in [4.69, 9.17) is 4.74 Å². The molecule has 2 amide bonds. The number of hydrazone groups is 1. The van der Waals surface area contributed by atoms with E-state index in [1.54, 1.807) is 18.2 Å². The van der Waals surface area contributed by atoms with E-state index < -0.39 is 5.97 Å². The second-order valence-corrected chi connectivity index (χ2v) is 7.95. The van der Waals surface area contributed by atoms with Gasteiger partial charge in [-0.3, -0.25) is 9.59 Å². The van der Waals surface area contributed by atoms with Crippen LogP contribution in [0.4, 0.5) is 0 Å². The van der Waals surface area contributed by atoms with Crippen molar-refractivity contribution >= 4 is 46.6 Å². The Kier molecular flexibility index (Phi) is 4.75. The third-order valence-electron chi connectivity index (χ3n) is 5.30. The molecule has 0 radical (unpaired) electrons. The number of halogens is 1. The Morgan fingerprint density at radius 1 is 1.26 bits per heavy atom. The minimum Gasteiger partial charge on any atom is -0.481 e. The third kappa shape index (κ3) is 3.15. The lowest BCUT2D eigenvalue weighted by Crippen LogP contribution is -2.28. The fourth-order valence-corrected chi connectivity index (χ4v) is 4.73. The monoisotopic (exact) mass is 480 g/mol. The molecule has 1 aliphatic heterocycles. The van der Waals surface area contributed by atoms with Gasteiger partial charge in [0.15, 0.2) is 6.61 Å². The van der Waals surface area contributed by atoms with Crippen molar-refractivity contribution < 1.29 is 23.9 Å². The highest BCUT2D eigenvalue weighted by Gasteiger charge is 2.59. The van der Waals surface area contributed by atoms with E-state index in [0.717, 1.165) is 20.6 Å². The van der Waals surface area contributed by atoms with E-state index in [2.05, 4.69) is 44.6 Å². The highest BCUT2D eigenvalue weighted by molar-refractivity contribution is 14.1. The van der Waals surface area contributed by atoms with Crippen molar-refractivity contribution in [2.24, 2.45) is 28.8 Å². The highest BCUT2D eigenvalue weighted by atomic mass is 127. The van der Waals surface area contributed by atoms with E-state index in [0.29, 0.717) is 5.75 Å². The number of hydrogen-bond donors (Lipinski definition) is 0. The third-order valence-corrected chi connectivity index (χ3v) is 6.14. The van der Waals surface area contributed by atoms with Crippen LogP contribution in [0.5, 0.6) is 5.75 Å². The molecule has 2 aliphatic carbocycles. The molecule has 3 aliphatic rings. The summed E-state index contributed by atoms with van der Waals surface area (Å²) in [4.78, 5) is 36.4. The normalized spacial score (nSPS) is 28.3. The van der Waals surface area contributed by atoms with Crippen LogP contribution < -0.4 is 4.74 Å². The first-order valence-electron chi connectivity index (χ1n) is 8.59. The van der Waals surface area contributed by atoms with Crippen LogP contribution in [0, 0.1) is 27.2 Å². The van der Waals surface area contributed by atoms with Crippen molar-refractivity contribution in [2.45, 2.75) is 6.42 Å². The van der Waals surface area contributed by atoms with Gasteiger partial charge < -0.3 is 9.47 Å². The number of fused-ring (bicyclic) bond motifs is 5. The van der Waals surface area contributed by atoms with Gasteiger partial charge in [0.2, 0.25) is 0 Å². The Morgan fingerprint density at radius 3 is 2.52 bits per heavy atom. The average Bonchev–Trinajstić information content (AvgIpc) is 3.33. The molecule has 27 heavy (non-hydrogen) atoms. The van der Waals surface area contributed by atoms with Crippen molar-refractivity contribution in [3.63, 3.8) is 0 Å². The lowest BCUT2D eigenvalue weighted by Gasteiger charge is -2.13. The number of methoxy groups -OCH3 is 1. The van der Waals surface area contributed by atoms with Gasteiger partial charge in [0.1, 0.15) is 5.75 Å². The average molecular weight is 480 g/mol. The van der Waals surface area contributed by atoms with Crippen molar-refractivity contribution in [3.05, 3.63) is 39.5 Å². The number of carbonyl (C=O) groups excluding carboxylic acids is 3. The van der Waals surface area contributed by atoms with Crippen LogP contribution >= 0.6 is 22.6 Å². The van der Waals surface area contributed by atoms with Gasteiger partial charge in [-0.2, -0.15) is 10.1 Å². The highest BCUT2D eigenvalue weighted by Crippen LogP contribution is 2.52. The molecule has 4 rings (SSSR count). The minimum atomic E-state index is -0.462. The van der Waals surface area contributed by atoms with Crippen LogP contribution in [-0.2, 0) is 19.1 Å². The Bertz CT molecular complexity index is 851. The van der Waals surface area contributed by atoms with E-state index >= 15 is 0 Å². The van der Waals surface area contributed by atoms with E-state index in [1.807, 2.05) is 0 Å². The number of amides is 2. The van der Waals surface area contributed by atoms with Crippen molar-refractivity contribution in [1.82, 2.24) is 5.01 Å². The first-order chi connectivity index (χ1) is 13.0. The molecule has 2 fully saturated rings. The predicted molar refractivity (Wildman–Crippen MR) is 104 cm³/mol. The molecule has 140 valence electrons. The quantitative estimate of drug-likeness (QED) is 0.212. The van der Waals surface area contributed by atoms with Crippen LogP contribution in [0.25, 0.3) is 0 Å². The van der Waals surface area contributed by atoms with Crippen LogP contribution in [0.1, 0.15) is 12.0 Å². The maximum Gasteiger partial charge on any atom is 0.343 e. The zero-order valence-electron chi connectivity index (χ0n) is 14.5. The van der Waals surface area contributed by atoms with Gasteiger partial charge in [-0.05, 0) is 64.6 Å². The Balaban J connectivity index is 1.46. The lowest BCUT2D eigenvalue weighted by molar-refractivity contribution is -0.143. The van der Waals surface area contributed by atoms with Gasteiger partial charge in [-0.15, -0.1) is 0 Å². The molecule has 4 atom stereocenters. The number of rotatable bonds is 5. The standard InChI is InChI=1S/C19H17IN2O5/c1-26-15(23)9-27-14-5-2-10(6-13(14)20)8-21-22-18(24)16-11-3-4-12(7-11)17(16)19(22)25/h2-6,8,11-12,16-17H,7,9H2,1H3/t11-,12-,16-,17+/m0/s1. The van der Waals surface area contributed by atoms with Gasteiger partial charge in [-0.1, -0.05) is 12.2 Å². The van der Waals surface area contributed by atoms with Gasteiger partial charge >= 0.3 is 5.97 Å². The number of ether oxygens (including phenoxy) is 2. The lowest BCUT2D eigenvalue weighted by atomic mass is 9.85. The number of imide groups is 1. The summed E-state index contributed by atoms with van der Waals surface area (Å²) in [5.74, 6) is -0.484. The van der Waals surface area contributed by atoms with Crippen LogP contribution in [0.15, 0.2) is 35.5 Å². The zero-order chi connectivity index (χ0) is 19.1. The summed E-state index contributed by atoms with van der Waals surface area (Å²) in [7, 11) is 1.30. The second-order valence-electron chi connectivity index (χ2n) is 6.79. The molecule has 1 saturated carbocycles. The largest absolute Gasteiger partial charge is 0.481 e. The molecule has 1 saturated heterocycles. The van der Waals surface area contributed by atoms with Crippen LogP contribution in [0.3, 0.4) is 0 Å². The molecule has 2 bridgehead atoms. The predicted octanol–water partition coefficient (Wildman–Crippen LogP) is 1.98. The smallest absolute Gasteiger partial charge is 0.343 e. The van der Waals surface area contributed by atoms with E-state index in [-0.39, 0.29) is 42.1 Å². The van der Waals surface area contributed by atoms with Gasteiger partial charge in [-0.25, -0.2) is 4.79 Å². The number of esters is 1. The number of hydrogen-bond acceptors (Lipinski definition) is 6. The Labute approximate surface area is 169 Å². The fraction of sp³-hybridized carbons (Fsp3) is 0.368. The Morgan fingerprint density at radius 2 is 1.93 bits per heavy atom. The Hall–Kier alpha value is -2.23. The molecule has 7 nitrogen and oxygen atoms in total. The molecule has 0 spiro atoms. The molecule has 0 unspecified atom stereocenters. The second kappa shape index (κ2) is 7.06. The number of benzene rings is 1. The van der Waals surface area contributed by atoms with Gasteiger partial charge in [0.25, 0.3) is 11.8 Å². The number of nitrogens with zero attached hydrogens (tertiary/aromatic N) is 2.